The molecule has 3 nitrogen and oxygen atoms in total. The molecule has 0 aromatic heterocycles. The highest BCUT2D eigenvalue weighted by Crippen LogP contribution is 2.27. The molecule has 0 aromatic rings. The Bertz CT molecular complexity index is 230. The summed E-state index contributed by atoms with van der Waals surface area (Å²) in [4.78, 5) is 0. The molecule has 0 aliphatic carbocycles. The molecule has 5 heteroatoms. The highest BCUT2D eigenvalue weighted by atomic mass is 32.2. The van der Waals surface area contributed by atoms with E-state index in [0.717, 1.165) is 12.6 Å². The van der Waals surface area contributed by atoms with Crippen molar-refractivity contribution in [1.82, 2.24) is 4.49 Å². The molecule has 20 heavy (non-hydrogen) atoms. The summed E-state index contributed by atoms with van der Waals surface area (Å²) in [5, 5.41) is 0. The van der Waals surface area contributed by atoms with Crippen LogP contribution < -0.4 is 4.49 Å². The number of rotatable bonds is 15. The molecule has 0 heterocycles. The van der Waals surface area contributed by atoms with Crippen LogP contribution in [0.4, 0.5) is 0 Å². The van der Waals surface area contributed by atoms with Gasteiger partial charge in [0.25, 0.3) is 0 Å². The summed E-state index contributed by atoms with van der Waals surface area (Å²) < 4.78 is 23.4. The lowest BCUT2D eigenvalue weighted by Gasteiger charge is -2.15. The van der Waals surface area contributed by atoms with Gasteiger partial charge in [-0.05, 0) is 27.3 Å². The fourth-order valence-electron chi connectivity index (χ4n) is 2.36. The predicted octanol–water partition coefficient (Wildman–Crippen LogP) is 5.10. The fourth-order valence-corrected chi connectivity index (χ4v) is 4.44. The Morgan fingerprint density at radius 2 is 1.25 bits per heavy atom. The largest absolute Gasteiger partial charge is 0.760 e. The molecule has 1 N–H and O–H groups in total. The van der Waals surface area contributed by atoms with Gasteiger partial charge in [-0.2, -0.15) is 0 Å². The molecule has 2 atom stereocenters. The van der Waals surface area contributed by atoms with Crippen molar-refractivity contribution in [2.75, 3.05) is 12.8 Å². The average Bonchev–Trinajstić information content (AvgIpc) is 2.39. The Labute approximate surface area is 129 Å². The predicted molar refractivity (Wildman–Crippen MR) is 90.8 cm³/mol. The molecule has 0 amide bonds. The summed E-state index contributed by atoms with van der Waals surface area (Å²) in [6.45, 7) is 4.25. The van der Waals surface area contributed by atoms with Gasteiger partial charge in [-0.25, -0.2) is 4.49 Å². The summed E-state index contributed by atoms with van der Waals surface area (Å²) in [6.07, 6.45) is 17.2. The first-order chi connectivity index (χ1) is 9.66. The maximum absolute atomic E-state index is 10.4. The van der Waals surface area contributed by atoms with Crippen molar-refractivity contribution in [3.05, 3.63) is 0 Å². The van der Waals surface area contributed by atoms with Crippen LogP contribution in [0.1, 0.15) is 84.0 Å². The van der Waals surface area contributed by atoms with E-state index < -0.39 is 19.3 Å². The first-order valence-electron chi connectivity index (χ1n) is 8.23. The molecule has 122 valence electrons. The van der Waals surface area contributed by atoms with Gasteiger partial charge in [0.2, 0.25) is 0 Å². The van der Waals surface area contributed by atoms with Crippen LogP contribution in [-0.2, 0) is 11.3 Å². The molecule has 0 radical (unpaired) electrons. The van der Waals surface area contributed by atoms with Crippen molar-refractivity contribution in [3.63, 3.8) is 0 Å². The van der Waals surface area contributed by atoms with Crippen LogP contribution in [0.15, 0.2) is 0 Å². The smallest absolute Gasteiger partial charge is 0.0218 e. The van der Waals surface area contributed by atoms with Crippen LogP contribution in [0, 0.1) is 0 Å². The topological polar surface area (TPSA) is 52.2 Å². The van der Waals surface area contributed by atoms with Crippen LogP contribution >= 0.6 is 8.07 Å². The molecule has 0 rings (SSSR count). The monoisotopic (exact) mass is 322 g/mol. The Kier molecular flexibility index (Phi) is 16.3. The minimum absolute atomic E-state index is 0.521. The summed E-state index contributed by atoms with van der Waals surface area (Å²) >= 11 is -2.08. The van der Waals surface area contributed by atoms with Gasteiger partial charge in [0.15, 0.2) is 0 Å². The lowest BCUT2D eigenvalue weighted by Crippen LogP contribution is -2.10. The minimum atomic E-state index is -2.08. The quantitative estimate of drug-likeness (QED) is 0.259. The van der Waals surface area contributed by atoms with Crippen molar-refractivity contribution in [3.8, 4) is 0 Å². The molecule has 0 spiro atoms. The second-order valence-electron chi connectivity index (χ2n) is 5.64. The average molecular weight is 322 g/mol. The van der Waals surface area contributed by atoms with E-state index in [9.17, 15) is 8.76 Å². The zero-order valence-corrected chi connectivity index (χ0v) is 15.1. The van der Waals surface area contributed by atoms with Gasteiger partial charge in [0.1, 0.15) is 0 Å². The van der Waals surface area contributed by atoms with Crippen molar-refractivity contribution >= 4 is 19.3 Å². The molecule has 0 aliphatic rings. The Balaban J connectivity index is 3.08. The number of hydrogen-bond donors (Lipinski definition) is 1. The van der Waals surface area contributed by atoms with Crippen molar-refractivity contribution < 1.29 is 8.76 Å². The van der Waals surface area contributed by atoms with Crippen LogP contribution in [0.3, 0.4) is 0 Å². The molecule has 2 unspecified atom stereocenters. The number of hydrogen-bond acceptors (Lipinski definition) is 2. The van der Waals surface area contributed by atoms with Gasteiger partial charge in [-0.1, -0.05) is 77.6 Å². The summed E-state index contributed by atoms with van der Waals surface area (Å²) in [5.41, 5.74) is 0. The molecule has 0 aromatic carbocycles. The van der Waals surface area contributed by atoms with Gasteiger partial charge in [-0.3, -0.25) is 4.21 Å². The second-order valence-corrected chi connectivity index (χ2v) is 8.68. The van der Waals surface area contributed by atoms with Gasteiger partial charge < -0.3 is 4.55 Å². The SMILES string of the molecule is CCCCCCCCCCCCCCP(C)NS(=O)[O-]. The second kappa shape index (κ2) is 15.9. The molecule has 0 bridgehead atoms. The lowest BCUT2D eigenvalue weighted by molar-refractivity contribution is 0.534. The summed E-state index contributed by atoms with van der Waals surface area (Å²) in [5.74, 6) is 0. The van der Waals surface area contributed by atoms with Gasteiger partial charge in [0, 0.05) is 11.3 Å². The van der Waals surface area contributed by atoms with Crippen LogP contribution in [0.25, 0.3) is 0 Å². The van der Waals surface area contributed by atoms with Crippen LogP contribution in [0.5, 0.6) is 0 Å². The van der Waals surface area contributed by atoms with E-state index >= 15 is 0 Å². The third kappa shape index (κ3) is 16.6. The molecule has 0 aliphatic heterocycles. The van der Waals surface area contributed by atoms with E-state index in [4.69, 9.17) is 0 Å². The van der Waals surface area contributed by atoms with E-state index in [1.165, 1.54) is 70.6 Å². The summed E-state index contributed by atoms with van der Waals surface area (Å²) in [6, 6.07) is 0. The van der Waals surface area contributed by atoms with Crippen molar-refractivity contribution in [1.29, 1.82) is 0 Å². The maximum atomic E-state index is 10.4. The molecule has 0 saturated heterocycles. The standard InChI is InChI=1S/C15H34NO2PS/c1-3-4-5-6-7-8-9-10-11-12-13-14-15-19(2)16-20(17)18/h16H,3-15H2,1-2H3,(H,17,18)/p-1. The maximum Gasteiger partial charge on any atom is 0.0218 e. The highest BCUT2D eigenvalue weighted by molar-refractivity contribution is 7.85. The fraction of sp³-hybridized carbons (Fsp3) is 1.00. The van der Waals surface area contributed by atoms with Crippen molar-refractivity contribution in [2.24, 2.45) is 0 Å². The number of nitrogens with one attached hydrogen (secondary N) is 1. The molecule has 0 saturated carbocycles. The van der Waals surface area contributed by atoms with E-state index in [2.05, 4.69) is 11.4 Å². The van der Waals surface area contributed by atoms with E-state index in [1.807, 2.05) is 6.66 Å². The molecule has 0 fully saturated rings. The third-order valence-corrected chi connectivity index (χ3v) is 6.41. The van der Waals surface area contributed by atoms with E-state index in [1.54, 1.807) is 0 Å². The first kappa shape index (κ1) is 20.5. The zero-order chi connectivity index (χ0) is 15.1. The molecular formula is C15H33NO2PS-. The Morgan fingerprint density at radius 1 is 0.850 bits per heavy atom. The van der Waals surface area contributed by atoms with E-state index in [0.29, 0.717) is 0 Å². The highest BCUT2D eigenvalue weighted by Gasteiger charge is 2.00. The number of unbranched alkanes of at least 4 members (excludes halogenated alkanes) is 11. The normalized spacial score (nSPS) is 14.3. The van der Waals surface area contributed by atoms with Gasteiger partial charge in [-0.15, -0.1) is 0 Å². The van der Waals surface area contributed by atoms with Crippen LogP contribution in [-0.4, -0.2) is 21.6 Å². The first-order valence-corrected chi connectivity index (χ1v) is 11.3. The van der Waals surface area contributed by atoms with Gasteiger partial charge in [0.05, 0.1) is 0 Å². The Morgan fingerprint density at radius 3 is 1.65 bits per heavy atom. The zero-order valence-electron chi connectivity index (χ0n) is 13.4. The lowest BCUT2D eigenvalue weighted by atomic mass is 10.1. The Hall–Kier alpha value is 0.500. The van der Waals surface area contributed by atoms with Gasteiger partial charge >= 0.3 is 0 Å². The van der Waals surface area contributed by atoms with Crippen LogP contribution in [0.2, 0.25) is 0 Å². The van der Waals surface area contributed by atoms with Crippen molar-refractivity contribution in [2.45, 2.75) is 84.0 Å². The summed E-state index contributed by atoms with van der Waals surface area (Å²) in [7, 11) is -0.521. The van der Waals surface area contributed by atoms with E-state index in [-0.39, 0.29) is 0 Å². The molecular weight excluding hydrogens is 289 g/mol. The minimum Gasteiger partial charge on any atom is -0.760 e. The third-order valence-electron chi connectivity index (χ3n) is 3.58.